The molecule has 0 aliphatic heterocycles. The van der Waals surface area contributed by atoms with Gasteiger partial charge in [0.15, 0.2) is 6.10 Å². The molecule has 5 heteroatoms. The summed E-state index contributed by atoms with van der Waals surface area (Å²) in [5.41, 5.74) is 0. The van der Waals surface area contributed by atoms with Crippen LogP contribution in [0.25, 0.3) is 0 Å². The van der Waals surface area contributed by atoms with Gasteiger partial charge in [-0.2, -0.15) is 13.2 Å². The Morgan fingerprint density at radius 1 is 1.33 bits per heavy atom. The molecule has 0 radical (unpaired) electrons. The molecular formula is C10H18F3NO. The molecule has 1 aliphatic carbocycles. The summed E-state index contributed by atoms with van der Waals surface area (Å²) in [6.45, 7) is 3.56. The Bertz CT molecular complexity index is 199. The normalized spacial score (nSPS) is 21.8. The molecule has 1 saturated carbocycles. The summed E-state index contributed by atoms with van der Waals surface area (Å²) in [6, 6.07) is 0.0991. The predicted molar refractivity (Wildman–Crippen MR) is 51.4 cm³/mol. The fourth-order valence-corrected chi connectivity index (χ4v) is 1.77. The van der Waals surface area contributed by atoms with Gasteiger partial charge in [0, 0.05) is 12.6 Å². The van der Waals surface area contributed by atoms with E-state index in [1.165, 1.54) is 0 Å². The van der Waals surface area contributed by atoms with E-state index in [9.17, 15) is 13.2 Å². The second-order valence-corrected chi connectivity index (χ2v) is 4.57. The van der Waals surface area contributed by atoms with Crippen LogP contribution in [0, 0.1) is 11.8 Å². The Morgan fingerprint density at radius 3 is 2.20 bits per heavy atom. The van der Waals surface area contributed by atoms with Crippen LogP contribution in [-0.2, 0) is 0 Å². The molecule has 0 aromatic heterocycles. The largest absolute Gasteiger partial charge is 0.415 e. The van der Waals surface area contributed by atoms with Gasteiger partial charge in [-0.3, -0.25) is 0 Å². The second-order valence-electron chi connectivity index (χ2n) is 4.57. The minimum absolute atomic E-state index is 0.0991. The van der Waals surface area contributed by atoms with Crippen molar-refractivity contribution in [2.75, 3.05) is 6.54 Å². The second kappa shape index (κ2) is 4.70. The zero-order chi connectivity index (χ0) is 11.6. The van der Waals surface area contributed by atoms with Gasteiger partial charge < -0.3 is 10.4 Å². The first-order valence-electron chi connectivity index (χ1n) is 5.30. The van der Waals surface area contributed by atoms with E-state index >= 15 is 0 Å². The number of hydrogen-bond acceptors (Lipinski definition) is 2. The Balaban J connectivity index is 2.33. The van der Waals surface area contributed by atoms with Gasteiger partial charge in [-0.25, -0.2) is 0 Å². The van der Waals surface area contributed by atoms with Crippen molar-refractivity contribution in [1.82, 2.24) is 5.32 Å². The summed E-state index contributed by atoms with van der Waals surface area (Å²) in [6.07, 6.45) is -4.61. The molecule has 1 rings (SSSR count). The minimum Gasteiger partial charge on any atom is -0.382 e. The van der Waals surface area contributed by atoms with Crippen molar-refractivity contribution in [3.05, 3.63) is 0 Å². The topological polar surface area (TPSA) is 32.3 Å². The smallest absolute Gasteiger partial charge is 0.382 e. The maximum absolute atomic E-state index is 12.0. The quantitative estimate of drug-likeness (QED) is 0.749. The highest BCUT2D eigenvalue weighted by atomic mass is 19.4. The molecule has 0 aromatic carbocycles. The van der Waals surface area contributed by atoms with E-state index in [0.29, 0.717) is 11.8 Å². The third-order valence-corrected chi connectivity index (χ3v) is 2.77. The average Bonchev–Trinajstić information content (AvgIpc) is 2.85. The van der Waals surface area contributed by atoms with Crippen molar-refractivity contribution in [2.24, 2.45) is 11.8 Å². The minimum atomic E-state index is -4.52. The molecule has 0 spiro atoms. The maximum Gasteiger partial charge on any atom is 0.415 e. The highest BCUT2D eigenvalue weighted by molar-refractivity contribution is 4.89. The van der Waals surface area contributed by atoms with Gasteiger partial charge in [0.1, 0.15) is 0 Å². The molecular weight excluding hydrogens is 207 g/mol. The van der Waals surface area contributed by atoms with Crippen molar-refractivity contribution in [3.8, 4) is 0 Å². The number of nitrogens with one attached hydrogen (secondary N) is 1. The first-order chi connectivity index (χ1) is 6.82. The Morgan fingerprint density at radius 2 is 1.87 bits per heavy atom. The number of halogens is 3. The molecule has 2 atom stereocenters. The molecule has 2 nitrogen and oxygen atoms in total. The lowest BCUT2D eigenvalue weighted by atomic mass is 9.99. The van der Waals surface area contributed by atoms with E-state index in [0.717, 1.165) is 12.8 Å². The van der Waals surface area contributed by atoms with Gasteiger partial charge in [0.05, 0.1) is 0 Å². The molecule has 0 bridgehead atoms. The molecule has 15 heavy (non-hydrogen) atoms. The fourth-order valence-electron chi connectivity index (χ4n) is 1.77. The van der Waals surface area contributed by atoms with E-state index in [-0.39, 0.29) is 6.04 Å². The monoisotopic (exact) mass is 225 g/mol. The molecule has 90 valence electrons. The van der Waals surface area contributed by atoms with Gasteiger partial charge in [-0.05, 0) is 24.7 Å². The van der Waals surface area contributed by atoms with Crippen molar-refractivity contribution >= 4 is 0 Å². The van der Waals surface area contributed by atoms with Crippen LogP contribution < -0.4 is 5.32 Å². The highest BCUT2D eigenvalue weighted by Crippen LogP contribution is 2.35. The van der Waals surface area contributed by atoms with E-state index in [1.54, 1.807) is 0 Å². The number of alkyl halides is 3. The van der Waals surface area contributed by atoms with Crippen LogP contribution in [0.3, 0.4) is 0 Å². The summed E-state index contributed by atoms with van der Waals surface area (Å²) < 4.78 is 36.1. The molecule has 0 saturated heterocycles. The summed E-state index contributed by atoms with van der Waals surface area (Å²) in [5.74, 6) is 0.795. The van der Waals surface area contributed by atoms with Gasteiger partial charge >= 0.3 is 6.18 Å². The summed E-state index contributed by atoms with van der Waals surface area (Å²) in [7, 11) is 0. The van der Waals surface area contributed by atoms with Crippen molar-refractivity contribution in [1.29, 1.82) is 0 Å². The molecule has 1 fully saturated rings. The summed E-state index contributed by atoms with van der Waals surface area (Å²) in [5, 5.41) is 11.6. The summed E-state index contributed by atoms with van der Waals surface area (Å²) >= 11 is 0. The van der Waals surface area contributed by atoms with Crippen molar-refractivity contribution in [3.63, 3.8) is 0 Å². The first-order valence-corrected chi connectivity index (χ1v) is 5.30. The maximum atomic E-state index is 12.0. The number of aliphatic hydroxyl groups excluding tert-OH is 1. The molecule has 0 aromatic rings. The fraction of sp³-hybridized carbons (Fsp3) is 1.00. The zero-order valence-corrected chi connectivity index (χ0v) is 9.01. The first kappa shape index (κ1) is 12.8. The van der Waals surface area contributed by atoms with Crippen LogP contribution in [-0.4, -0.2) is 30.0 Å². The SMILES string of the molecule is CC(C)C(NCC(O)C(F)(F)F)C1CC1. The Labute approximate surface area is 87.9 Å². The third kappa shape index (κ3) is 3.99. The van der Waals surface area contributed by atoms with Crippen LogP contribution in [0.15, 0.2) is 0 Å². The van der Waals surface area contributed by atoms with Crippen LogP contribution in [0.5, 0.6) is 0 Å². The predicted octanol–water partition coefficient (Wildman–Crippen LogP) is 1.93. The number of hydrogen-bond donors (Lipinski definition) is 2. The van der Waals surface area contributed by atoms with Gasteiger partial charge in [0.2, 0.25) is 0 Å². The van der Waals surface area contributed by atoms with E-state index < -0.39 is 18.8 Å². The Kier molecular flexibility index (Phi) is 4.00. The average molecular weight is 225 g/mol. The van der Waals surface area contributed by atoms with Gasteiger partial charge in [-0.1, -0.05) is 13.8 Å². The molecule has 2 N–H and O–H groups in total. The summed E-state index contributed by atoms with van der Waals surface area (Å²) in [4.78, 5) is 0. The van der Waals surface area contributed by atoms with Crippen LogP contribution in [0.4, 0.5) is 13.2 Å². The van der Waals surface area contributed by atoms with Gasteiger partial charge in [0.25, 0.3) is 0 Å². The lowest BCUT2D eigenvalue weighted by molar-refractivity contribution is -0.202. The lowest BCUT2D eigenvalue weighted by Gasteiger charge is -2.24. The van der Waals surface area contributed by atoms with E-state index in [1.807, 2.05) is 13.8 Å². The number of rotatable bonds is 5. The highest BCUT2D eigenvalue weighted by Gasteiger charge is 2.40. The van der Waals surface area contributed by atoms with Crippen LogP contribution in [0.2, 0.25) is 0 Å². The third-order valence-electron chi connectivity index (χ3n) is 2.77. The Hall–Kier alpha value is -0.290. The van der Waals surface area contributed by atoms with Crippen molar-refractivity contribution < 1.29 is 18.3 Å². The van der Waals surface area contributed by atoms with Crippen LogP contribution in [0.1, 0.15) is 26.7 Å². The molecule has 2 unspecified atom stereocenters. The van der Waals surface area contributed by atoms with Gasteiger partial charge in [-0.15, -0.1) is 0 Å². The van der Waals surface area contributed by atoms with Crippen LogP contribution >= 0.6 is 0 Å². The molecule has 0 amide bonds. The zero-order valence-electron chi connectivity index (χ0n) is 9.01. The molecule has 0 heterocycles. The van der Waals surface area contributed by atoms with E-state index in [4.69, 9.17) is 5.11 Å². The lowest BCUT2D eigenvalue weighted by Crippen LogP contribution is -2.45. The molecule has 1 aliphatic rings. The van der Waals surface area contributed by atoms with Crippen molar-refractivity contribution in [2.45, 2.75) is 45.0 Å². The van der Waals surface area contributed by atoms with E-state index in [2.05, 4.69) is 5.32 Å². The number of aliphatic hydroxyl groups is 1. The standard InChI is InChI=1S/C10H18F3NO/c1-6(2)9(7-3-4-7)14-5-8(15)10(11,12)13/h6-9,14-15H,3-5H2,1-2H3.